The molecule has 1 aliphatic heterocycles. The smallest absolute Gasteiger partial charge is 0.128 e. The molecule has 0 radical (unpaired) electrons. The first-order valence-electron chi connectivity index (χ1n) is 7.58. The monoisotopic (exact) mass is 308 g/mol. The van der Waals surface area contributed by atoms with Gasteiger partial charge in [-0.2, -0.15) is 0 Å². The average Bonchev–Trinajstić information content (AvgIpc) is 3.06. The van der Waals surface area contributed by atoms with E-state index in [1.165, 1.54) is 25.0 Å². The first kappa shape index (κ1) is 13.5. The van der Waals surface area contributed by atoms with Gasteiger partial charge in [0.05, 0.1) is 28.6 Å². The van der Waals surface area contributed by atoms with Crippen molar-refractivity contribution in [3.63, 3.8) is 0 Å². The highest BCUT2D eigenvalue weighted by molar-refractivity contribution is 6.20. The Morgan fingerprint density at radius 3 is 2.90 bits per heavy atom. The van der Waals surface area contributed by atoms with Crippen molar-refractivity contribution in [2.75, 3.05) is 6.61 Å². The highest BCUT2D eigenvalue weighted by Crippen LogP contribution is 2.45. The topological polar surface area (TPSA) is 27.1 Å². The molecule has 21 heavy (non-hydrogen) atoms. The molecule has 112 valence electrons. The lowest BCUT2D eigenvalue weighted by Gasteiger charge is -2.23. The Balaban J connectivity index is 1.87. The molecule has 0 amide bonds. The maximum Gasteiger partial charge on any atom is 0.128 e. The zero-order valence-electron chi connectivity index (χ0n) is 11.9. The molecule has 2 heterocycles. The third kappa shape index (κ3) is 2.25. The molecule has 0 N–H and O–H groups in total. The Kier molecular flexibility index (Phi) is 3.19. The van der Waals surface area contributed by atoms with Gasteiger partial charge in [-0.05, 0) is 44.2 Å². The van der Waals surface area contributed by atoms with Crippen LogP contribution < -0.4 is 0 Å². The van der Waals surface area contributed by atoms with Crippen LogP contribution in [0.2, 0.25) is 0 Å². The summed E-state index contributed by atoms with van der Waals surface area (Å²) >= 11 is 6.32. The molecule has 1 aliphatic carbocycles. The van der Waals surface area contributed by atoms with E-state index in [4.69, 9.17) is 16.3 Å². The van der Waals surface area contributed by atoms with Gasteiger partial charge >= 0.3 is 0 Å². The first-order chi connectivity index (χ1) is 10.1. The van der Waals surface area contributed by atoms with Crippen LogP contribution >= 0.6 is 11.6 Å². The summed E-state index contributed by atoms with van der Waals surface area (Å²) in [5.74, 6) is 1.22. The van der Waals surface area contributed by atoms with Crippen molar-refractivity contribution in [2.45, 2.75) is 43.7 Å². The molecule has 2 aliphatic rings. The van der Waals surface area contributed by atoms with Crippen LogP contribution in [-0.2, 0) is 4.74 Å². The number of aromatic nitrogens is 2. The molecule has 4 rings (SSSR count). The van der Waals surface area contributed by atoms with Crippen LogP contribution in [0.1, 0.15) is 43.4 Å². The Bertz CT molecular complexity index is 680. The third-order valence-electron chi connectivity index (χ3n) is 4.56. The van der Waals surface area contributed by atoms with Crippen LogP contribution in [0.15, 0.2) is 18.2 Å². The molecule has 1 aromatic carbocycles. The predicted octanol–water partition coefficient (Wildman–Crippen LogP) is 4.22. The van der Waals surface area contributed by atoms with Crippen LogP contribution in [0.3, 0.4) is 0 Å². The van der Waals surface area contributed by atoms with E-state index in [0.29, 0.717) is 11.4 Å². The normalized spacial score (nSPS) is 27.4. The van der Waals surface area contributed by atoms with E-state index < -0.39 is 0 Å². The van der Waals surface area contributed by atoms with E-state index in [2.05, 4.69) is 9.55 Å². The Morgan fingerprint density at radius 2 is 2.19 bits per heavy atom. The molecule has 5 heteroatoms. The molecule has 3 nitrogen and oxygen atoms in total. The summed E-state index contributed by atoms with van der Waals surface area (Å²) in [6.45, 7) is 2.69. The summed E-state index contributed by atoms with van der Waals surface area (Å²) in [6, 6.07) is 5.05. The summed E-state index contributed by atoms with van der Waals surface area (Å²) in [4.78, 5) is 4.57. The summed E-state index contributed by atoms with van der Waals surface area (Å²) in [6.07, 6.45) is 3.71. The fourth-order valence-corrected chi connectivity index (χ4v) is 3.62. The van der Waals surface area contributed by atoms with Crippen LogP contribution in [0.4, 0.5) is 4.39 Å². The van der Waals surface area contributed by atoms with Crippen LogP contribution in [0, 0.1) is 11.7 Å². The van der Waals surface area contributed by atoms with Gasteiger partial charge in [0, 0.05) is 12.7 Å². The summed E-state index contributed by atoms with van der Waals surface area (Å²) in [5, 5.41) is -0.207. The van der Waals surface area contributed by atoms with Gasteiger partial charge in [0.25, 0.3) is 0 Å². The number of rotatable bonds is 3. The highest BCUT2D eigenvalue weighted by Gasteiger charge is 2.42. The molecule has 2 aromatic rings. The van der Waals surface area contributed by atoms with Crippen LogP contribution in [0.25, 0.3) is 11.0 Å². The minimum Gasteiger partial charge on any atom is -0.376 e. The number of hydrogen-bond donors (Lipinski definition) is 0. The van der Waals surface area contributed by atoms with Crippen LogP contribution in [0.5, 0.6) is 0 Å². The number of fused-ring (bicyclic) bond motifs is 1. The number of alkyl halides is 1. The first-order valence-corrected chi connectivity index (χ1v) is 8.02. The van der Waals surface area contributed by atoms with Crippen molar-refractivity contribution in [3.05, 3.63) is 29.8 Å². The van der Waals surface area contributed by atoms with E-state index in [0.717, 1.165) is 24.4 Å². The Labute approximate surface area is 128 Å². The van der Waals surface area contributed by atoms with Gasteiger partial charge in [0.1, 0.15) is 11.6 Å². The lowest BCUT2D eigenvalue weighted by Crippen LogP contribution is -2.23. The average molecular weight is 309 g/mol. The van der Waals surface area contributed by atoms with Crippen LogP contribution in [-0.4, -0.2) is 22.3 Å². The highest BCUT2D eigenvalue weighted by atomic mass is 35.5. The van der Waals surface area contributed by atoms with Gasteiger partial charge in [-0.15, -0.1) is 11.6 Å². The number of nitrogens with zero attached hydrogens (tertiary/aromatic N) is 2. The van der Waals surface area contributed by atoms with E-state index in [1.54, 1.807) is 0 Å². The van der Waals surface area contributed by atoms with Gasteiger partial charge in [-0.1, -0.05) is 0 Å². The molecular weight excluding hydrogens is 291 g/mol. The van der Waals surface area contributed by atoms with Gasteiger partial charge in [-0.25, -0.2) is 9.37 Å². The number of hydrogen-bond acceptors (Lipinski definition) is 2. The summed E-state index contributed by atoms with van der Waals surface area (Å²) in [5.41, 5.74) is 1.64. The van der Waals surface area contributed by atoms with Gasteiger partial charge in [0.15, 0.2) is 0 Å². The minimum atomic E-state index is -0.262. The fourth-order valence-electron chi connectivity index (χ4n) is 3.47. The third-order valence-corrected chi connectivity index (χ3v) is 4.75. The molecule has 0 bridgehead atoms. The summed E-state index contributed by atoms with van der Waals surface area (Å²) < 4.78 is 21.6. The minimum absolute atomic E-state index is 0.207. The second-order valence-corrected chi connectivity index (χ2v) is 6.77. The van der Waals surface area contributed by atoms with E-state index in [9.17, 15) is 4.39 Å². The van der Waals surface area contributed by atoms with Gasteiger partial charge in [-0.3, -0.25) is 0 Å². The Morgan fingerprint density at radius 1 is 1.38 bits per heavy atom. The van der Waals surface area contributed by atoms with E-state index >= 15 is 0 Å². The fraction of sp³-hybridized carbons (Fsp3) is 0.562. The zero-order valence-corrected chi connectivity index (χ0v) is 12.7. The molecule has 1 saturated carbocycles. The number of imidazole rings is 1. The SMILES string of the molecule is CC(Cl)c1nc2cc(F)ccc2n1C1CCOC1C1CC1. The van der Waals surface area contributed by atoms with Gasteiger partial charge < -0.3 is 9.30 Å². The second kappa shape index (κ2) is 4.96. The maximum absolute atomic E-state index is 13.5. The lowest BCUT2D eigenvalue weighted by molar-refractivity contribution is 0.0753. The zero-order chi connectivity index (χ0) is 14.6. The maximum atomic E-state index is 13.5. The quantitative estimate of drug-likeness (QED) is 0.794. The summed E-state index contributed by atoms with van der Waals surface area (Å²) in [7, 11) is 0. The van der Waals surface area contributed by atoms with Gasteiger partial charge in [0.2, 0.25) is 0 Å². The molecule has 3 unspecified atom stereocenters. The number of ether oxygens (including phenoxy) is 1. The molecule has 2 fully saturated rings. The Hall–Kier alpha value is -1.13. The predicted molar refractivity (Wildman–Crippen MR) is 80.1 cm³/mol. The standard InChI is InChI=1S/C16H18ClFN2O/c1-9(17)16-19-12-8-11(18)4-5-13(12)20(16)14-6-7-21-15(14)10-2-3-10/h4-5,8-10,14-15H,2-3,6-7H2,1H3. The van der Waals surface area contributed by atoms with Crippen molar-refractivity contribution in [2.24, 2.45) is 5.92 Å². The van der Waals surface area contributed by atoms with Crippen molar-refractivity contribution >= 4 is 22.6 Å². The molecule has 1 aromatic heterocycles. The van der Waals surface area contributed by atoms with Crippen molar-refractivity contribution in [3.8, 4) is 0 Å². The molecule has 1 saturated heterocycles. The second-order valence-electron chi connectivity index (χ2n) is 6.12. The molecule has 0 spiro atoms. The van der Waals surface area contributed by atoms with Crippen molar-refractivity contribution in [1.29, 1.82) is 0 Å². The number of benzene rings is 1. The largest absolute Gasteiger partial charge is 0.376 e. The lowest BCUT2D eigenvalue weighted by atomic mass is 10.1. The van der Waals surface area contributed by atoms with E-state index in [1.807, 2.05) is 13.0 Å². The van der Waals surface area contributed by atoms with Crippen molar-refractivity contribution in [1.82, 2.24) is 9.55 Å². The molecular formula is C16H18ClFN2O. The number of halogens is 2. The van der Waals surface area contributed by atoms with Crippen molar-refractivity contribution < 1.29 is 9.13 Å². The molecule has 3 atom stereocenters. The van der Waals surface area contributed by atoms with E-state index in [-0.39, 0.29) is 23.3 Å².